The number of ether oxygens (including phenoxy) is 2. The molecule has 1 saturated carbocycles. The molecule has 6 nitrogen and oxygen atoms in total. The number of benzene rings is 2. The van der Waals surface area contributed by atoms with E-state index in [9.17, 15) is 9.59 Å². The molecule has 0 saturated heterocycles. The van der Waals surface area contributed by atoms with Crippen molar-refractivity contribution in [3.05, 3.63) is 59.7 Å². The summed E-state index contributed by atoms with van der Waals surface area (Å²) in [5, 5.41) is 3.14. The number of hydrogen-bond acceptors (Lipinski definition) is 4. The van der Waals surface area contributed by atoms with Crippen LogP contribution in [0.5, 0.6) is 11.5 Å². The molecule has 1 N–H and O–H groups in total. The Morgan fingerprint density at radius 3 is 2.45 bits per heavy atom. The predicted molar refractivity (Wildman–Crippen MR) is 129 cm³/mol. The van der Waals surface area contributed by atoms with Crippen LogP contribution in [0.2, 0.25) is 0 Å². The molecule has 0 aliphatic heterocycles. The fourth-order valence-electron chi connectivity index (χ4n) is 4.21. The summed E-state index contributed by atoms with van der Waals surface area (Å²) in [7, 11) is 1.62. The van der Waals surface area contributed by atoms with E-state index in [-0.39, 0.29) is 17.9 Å². The minimum Gasteiger partial charge on any atom is -0.497 e. The highest BCUT2D eigenvalue weighted by molar-refractivity contribution is 5.87. The van der Waals surface area contributed by atoms with Crippen molar-refractivity contribution >= 4 is 11.8 Å². The SMILES string of the molecule is COc1ccc(OCCCC(=O)N(Cc2cccc(C)c2)[C@H](C)C(=O)NC2CCCC2)cc1. The molecule has 1 aliphatic carbocycles. The zero-order chi connectivity index (χ0) is 23.6. The van der Waals surface area contributed by atoms with E-state index in [2.05, 4.69) is 11.4 Å². The molecule has 3 rings (SSSR count). The number of carbonyl (C=O) groups excluding carboxylic acids is 2. The number of rotatable bonds is 11. The molecule has 6 heteroatoms. The summed E-state index contributed by atoms with van der Waals surface area (Å²) in [4.78, 5) is 27.8. The summed E-state index contributed by atoms with van der Waals surface area (Å²) >= 11 is 0. The third-order valence-electron chi connectivity index (χ3n) is 6.17. The smallest absolute Gasteiger partial charge is 0.242 e. The fourth-order valence-corrected chi connectivity index (χ4v) is 4.21. The normalized spacial score (nSPS) is 14.5. The molecule has 1 aliphatic rings. The molecule has 0 heterocycles. The Labute approximate surface area is 197 Å². The Bertz CT molecular complexity index is 907. The standard InChI is InChI=1S/C27H36N2O4/c1-20-8-6-9-22(18-20)19-29(21(2)27(31)28-23-10-4-5-11-23)26(30)12-7-17-33-25-15-13-24(32-3)14-16-25/h6,8-9,13-16,18,21,23H,4-5,7,10-12,17,19H2,1-3H3,(H,28,31)/t21-/m1/s1. The molecule has 2 amide bonds. The molecule has 0 spiro atoms. The molecule has 0 aromatic heterocycles. The van der Waals surface area contributed by atoms with Gasteiger partial charge in [0.05, 0.1) is 13.7 Å². The minimum atomic E-state index is -0.527. The summed E-state index contributed by atoms with van der Waals surface area (Å²) in [6.45, 7) is 4.70. The number of methoxy groups -OCH3 is 1. The third-order valence-corrected chi connectivity index (χ3v) is 6.17. The van der Waals surface area contributed by atoms with Gasteiger partial charge in [-0.25, -0.2) is 0 Å². The lowest BCUT2D eigenvalue weighted by atomic mass is 10.1. The summed E-state index contributed by atoms with van der Waals surface area (Å²) in [5.74, 6) is 1.40. The van der Waals surface area contributed by atoms with Crippen LogP contribution in [0.25, 0.3) is 0 Å². The molecule has 0 radical (unpaired) electrons. The van der Waals surface area contributed by atoms with Gasteiger partial charge in [0.25, 0.3) is 0 Å². The van der Waals surface area contributed by atoms with E-state index >= 15 is 0 Å². The quantitative estimate of drug-likeness (QED) is 0.505. The topological polar surface area (TPSA) is 67.9 Å². The van der Waals surface area contributed by atoms with Crippen molar-refractivity contribution < 1.29 is 19.1 Å². The van der Waals surface area contributed by atoms with Crippen LogP contribution in [-0.2, 0) is 16.1 Å². The number of hydrogen-bond donors (Lipinski definition) is 1. The number of amides is 2. The first-order valence-electron chi connectivity index (χ1n) is 11.9. The van der Waals surface area contributed by atoms with E-state index in [4.69, 9.17) is 9.47 Å². The summed E-state index contributed by atoms with van der Waals surface area (Å²) in [6.07, 6.45) is 5.24. The minimum absolute atomic E-state index is 0.0380. The van der Waals surface area contributed by atoms with Crippen molar-refractivity contribution in [1.82, 2.24) is 10.2 Å². The fraction of sp³-hybridized carbons (Fsp3) is 0.481. The first-order chi connectivity index (χ1) is 16.0. The highest BCUT2D eigenvalue weighted by Crippen LogP contribution is 2.20. The average Bonchev–Trinajstić information content (AvgIpc) is 3.33. The Balaban J connectivity index is 1.58. The van der Waals surface area contributed by atoms with Crippen LogP contribution in [-0.4, -0.2) is 42.5 Å². The van der Waals surface area contributed by atoms with Gasteiger partial charge in [0.2, 0.25) is 11.8 Å². The summed E-state index contributed by atoms with van der Waals surface area (Å²) in [6, 6.07) is 15.2. The zero-order valence-electron chi connectivity index (χ0n) is 20.0. The van der Waals surface area contributed by atoms with Crippen LogP contribution in [0.3, 0.4) is 0 Å². The lowest BCUT2D eigenvalue weighted by Gasteiger charge is -2.30. The number of nitrogens with zero attached hydrogens (tertiary/aromatic N) is 1. The Kier molecular flexibility index (Phi) is 9.16. The maximum atomic E-state index is 13.2. The molecule has 1 atom stereocenters. The monoisotopic (exact) mass is 452 g/mol. The largest absolute Gasteiger partial charge is 0.497 e. The molecule has 1 fully saturated rings. The molecule has 178 valence electrons. The van der Waals surface area contributed by atoms with Crippen LogP contribution < -0.4 is 14.8 Å². The Morgan fingerprint density at radius 1 is 1.09 bits per heavy atom. The molecular formula is C27H36N2O4. The Morgan fingerprint density at radius 2 is 1.79 bits per heavy atom. The molecule has 0 unspecified atom stereocenters. The maximum Gasteiger partial charge on any atom is 0.242 e. The van der Waals surface area contributed by atoms with E-state index in [0.29, 0.717) is 26.0 Å². The number of carbonyl (C=O) groups is 2. The van der Waals surface area contributed by atoms with Gasteiger partial charge in [0.1, 0.15) is 17.5 Å². The van der Waals surface area contributed by atoms with Gasteiger partial charge in [-0.05, 0) is 62.9 Å². The number of aryl methyl sites for hydroxylation is 1. The van der Waals surface area contributed by atoms with E-state index in [0.717, 1.165) is 48.3 Å². The van der Waals surface area contributed by atoms with Gasteiger partial charge < -0.3 is 19.7 Å². The van der Waals surface area contributed by atoms with Gasteiger partial charge in [-0.3, -0.25) is 9.59 Å². The van der Waals surface area contributed by atoms with E-state index in [1.54, 1.807) is 12.0 Å². The molecule has 2 aromatic carbocycles. The van der Waals surface area contributed by atoms with Crippen LogP contribution >= 0.6 is 0 Å². The third kappa shape index (κ3) is 7.52. The van der Waals surface area contributed by atoms with Crippen molar-refractivity contribution in [3.63, 3.8) is 0 Å². The lowest BCUT2D eigenvalue weighted by molar-refractivity contribution is -0.141. The van der Waals surface area contributed by atoms with E-state index in [1.807, 2.05) is 56.3 Å². The molecular weight excluding hydrogens is 416 g/mol. The molecule has 0 bridgehead atoms. The lowest BCUT2D eigenvalue weighted by Crippen LogP contribution is -2.49. The van der Waals surface area contributed by atoms with Gasteiger partial charge in [-0.2, -0.15) is 0 Å². The second-order valence-electron chi connectivity index (χ2n) is 8.80. The van der Waals surface area contributed by atoms with Crippen molar-refractivity contribution in [3.8, 4) is 11.5 Å². The van der Waals surface area contributed by atoms with E-state index < -0.39 is 6.04 Å². The average molecular weight is 453 g/mol. The van der Waals surface area contributed by atoms with E-state index in [1.165, 1.54) is 0 Å². The van der Waals surface area contributed by atoms with Gasteiger partial charge in [0.15, 0.2) is 0 Å². The highest BCUT2D eigenvalue weighted by Gasteiger charge is 2.28. The van der Waals surface area contributed by atoms with Crippen molar-refractivity contribution in [1.29, 1.82) is 0 Å². The molecule has 2 aromatic rings. The first kappa shape index (κ1) is 24.6. The van der Waals surface area contributed by atoms with Crippen molar-refractivity contribution in [2.75, 3.05) is 13.7 Å². The van der Waals surface area contributed by atoms with Gasteiger partial charge in [-0.15, -0.1) is 0 Å². The summed E-state index contributed by atoms with van der Waals surface area (Å²) < 4.78 is 10.9. The van der Waals surface area contributed by atoms with Crippen LogP contribution in [0.1, 0.15) is 56.6 Å². The van der Waals surface area contributed by atoms with Gasteiger partial charge in [-0.1, -0.05) is 42.7 Å². The van der Waals surface area contributed by atoms with Crippen LogP contribution in [0.4, 0.5) is 0 Å². The summed E-state index contributed by atoms with van der Waals surface area (Å²) in [5.41, 5.74) is 2.16. The Hall–Kier alpha value is -3.02. The van der Waals surface area contributed by atoms with Crippen molar-refractivity contribution in [2.24, 2.45) is 0 Å². The highest BCUT2D eigenvalue weighted by atomic mass is 16.5. The maximum absolute atomic E-state index is 13.2. The second kappa shape index (κ2) is 12.3. The zero-order valence-corrected chi connectivity index (χ0v) is 20.0. The second-order valence-corrected chi connectivity index (χ2v) is 8.80. The predicted octanol–water partition coefficient (Wildman–Crippen LogP) is 4.64. The number of nitrogens with one attached hydrogen (secondary N) is 1. The van der Waals surface area contributed by atoms with Gasteiger partial charge >= 0.3 is 0 Å². The van der Waals surface area contributed by atoms with Crippen LogP contribution in [0, 0.1) is 6.92 Å². The van der Waals surface area contributed by atoms with Crippen LogP contribution in [0.15, 0.2) is 48.5 Å². The van der Waals surface area contributed by atoms with Crippen molar-refractivity contribution in [2.45, 2.75) is 71.0 Å². The first-order valence-corrected chi connectivity index (χ1v) is 11.9. The van der Waals surface area contributed by atoms with Gasteiger partial charge in [0, 0.05) is 19.0 Å². The molecule has 33 heavy (non-hydrogen) atoms.